The molecule has 1 saturated heterocycles. The molecule has 1 aliphatic heterocycles. The molecule has 2 unspecified atom stereocenters. The molecule has 2 atom stereocenters. The second kappa shape index (κ2) is 10.0. The van der Waals surface area contributed by atoms with Gasteiger partial charge in [0, 0.05) is 12.6 Å². The van der Waals surface area contributed by atoms with Gasteiger partial charge in [-0.3, -0.25) is 0 Å². The van der Waals surface area contributed by atoms with Gasteiger partial charge < -0.3 is 4.90 Å². The van der Waals surface area contributed by atoms with Crippen molar-refractivity contribution in [3.63, 3.8) is 0 Å². The van der Waals surface area contributed by atoms with E-state index in [0.717, 1.165) is 12.0 Å². The Bertz CT molecular complexity index is 81.1. The Hall–Kier alpha value is -0.0400. The van der Waals surface area contributed by atoms with Gasteiger partial charge >= 0.3 is 0 Å². The first kappa shape index (κ1) is 15.4. The standard InChI is InChI=1S/C8H17N.2C2H6/c1-4-8-5-7(2)9(3)6-8;2*1-2/h7-8H,4-6H2,1-3H3;2*1-2H3. The molecule has 0 aromatic carbocycles. The van der Waals surface area contributed by atoms with E-state index in [1.165, 1.54) is 19.4 Å². The molecule has 0 saturated carbocycles. The van der Waals surface area contributed by atoms with Crippen molar-refractivity contribution in [2.75, 3.05) is 13.6 Å². The zero-order valence-corrected chi connectivity index (χ0v) is 10.7. The van der Waals surface area contributed by atoms with Crippen LogP contribution in [0.4, 0.5) is 0 Å². The van der Waals surface area contributed by atoms with Crippen molar-refractivity contribution < 1.29 is 0 Å². The predicted molar refractivity (Wildman–Crippen MR) is 63.2 cm³/mol. The summed E-state index contributed by atoms with van der Waals surface area (Å²) in [5.74, 6) is 0.977. The van der Waals surface area contributed by atoms with Crippen LogP contribution in [0.25, 0.3) is 0 Å². The lowest BCUT2D eigenvalue weighted by Gasteiger charge is -2.12. The molecule has 0 amide bonds. The lowest BCUT2D eigenvalue weighted by Crippen LogP contribution is -2.21. The molecule has 13 heavy (non-hydrogen) atoms. The Morgan fingerprint density at radius 2 is 1.62 bits per heavy atom. The maximum Gasteiger partial charge on any atom is 0.00671 e. The minimum absolute atomic E-state index is 0.829. The highest BCUT2D eigenvalue weighted by Gasteiger charge is 2.23. The molecule has 0 N–H and O–H groups in total. The SMILES string of the molecule is CC.CC.CCC1CC(C)N(C)C1. The number of nitrogens with zero attached hydrogens (tertiary/aromatic N) is 1. The third-order valence-corrected chi connectivity index (χ3v) is 2.55. The van der Waals surface area contributed by atoms with E-state index in [0.29, 0.717) is 0 Å². The highest BCUT2D eigenvalue weighted by Crippen LogP contribution is 2.22. The van der Waals surface area contributed by atoms with E-state index in [2.05, 4.69) is 25.8 Å². The number of hydrogen-bond acceptors (Lipinski definition) is 1. The van der Waals surface area contributed by atoms with Gasteiger partial charge in [0.1, 0.15) is 0 Å². The van der Waals surface area contributed by atoms with Crippen LogP contribution in [0.15, 0.2) is 0 Å². The van der Waals surface area contributed by atoms with Crippen LogP contribution in [0.2, 0.25) is 0 Å². The third kappa shape index (κ3) is 6.09. The highest BCUT2D eigenvalue weighted by molar-refractivity contribution is 4.78. The summed E-state index contributed by atoms with van der Waals surface area (Å²) < 4.78 is 0. The van der Waals surface area contributed by atoms with E-state index in [4.69, 9.17) is 0 Å². The zero-order chi connectivity index (χ0) is 10.9. The normalized spacial score (nSPS) is 27.0. The summed E-state index contributed by atoms with van der Waals surface area (Å²) in [6.45, 7) is 13.9. The van der Waals surface area contributed by atoms with Crippen molar-refractivity contribution in [3.05, 3.63) is 0 Å². The summed E-state index contributed by atoms with van der Waals surface area (Å²) >= 11 is 0. The Labute approximate surface area is 85.5 Å². The van der Waals surface area contributed by atoms with Crippen LogP contribution in [0.5, 0.6) is 0 Å². The van der Waals surface area contributed by atoms with Crippen LogP contribution in [-0.4, -0.2) is 24.5 Å². The fourth-order valence-electron chi connectivity index (χ4n) is 1.62. The van der Waals surface area contributed by atoms with Crippen molar-refractivity contribution in [2.24, 2.45) is 5.92 Å². The van der Waals surface area contributed by atoms with Crippen LogP contribution in [-0.2, 0) is 0 Å². The third-order valence-electron chi connectivity index (χ3n) is 2.55. The predicted octanol–water partition coefficient (Wildman–Crippen LogP) is 3.79. The molecule has 0 aliphatic carbocycles. The van der Waals surface area contributed by atoms with E-state index in [9.17, 15) is 0 Å². The molecule has 1 heterocycles. The summed E-state index contributed by atoms with van der Waals surface area (Å²) in [7, 11) is 2.22. The van der Waals surface area contributed by atoms with E-state index in [1.807, 2.05) is 27.7 Å². The topological polar surface area (TPSA) is 3.24 Å². The van der Waals surface area contributed by atoms with E-state index < -0.39 is 0 Å². The average molecular weight is 187 g/mol. The molecule has 1 fully saturated rings. The summed E-state index contributed by atoms with van der Waals surface area (Å²) in [6, 6.07) is 0.829. The smallest absolute Gasteiger partial charge is 0.00671 e. The lowest BCUT2D eigenvalue weighted by atomic mass is 10.0. The molecule has 82 valence electrons. The molecule has 1 rings (SSSR count). The first-order chi connectivity index (χ1) is 6.24. The minimum Gasteiger partial charge on any atom is -0.303 e. The molecule has 0 aromatic heterocycles. The zero-order valence-electron chi connectivity index (χ0n) is 10.7. The molecule has 1 heteroatoms. The Morgan fingerprint density at radius 3 is 1.77 bits per heavy atom. The summed E-state index contributed by atoms with van der Waals surface area (Å²) in [5, 5.41) is 0. The van der Waals surface area contributed by atoms with Gasteiger partial charge in [0.25, 0.3) is 0 Å². The lowest BCUT2D eigenvalue weighted by molar-refractivity contribution is 0.325. The van der Waals surface area contributed by atoms with Gasteiger partial charge in [0.15, 0.2) is 0 Å². The molecule has 0 radical (unpaired) electrons. The fourth-order valence-corrected chi connectivity index (χ4v) is 1.62. The summed E-state index contributed by atoms with van der Waals surface area (Å²) in [5.41, 5.74) is 0. The van der Waals surface area contributed by atoms with Crippen LogP contribution >= 0.6 is 0 Å². The maximum absolute atomic E-state index is 2.45. The van der Waals surface area contributed by atoms with Gasteiger partial charge in [-0.2, -0.15) is 0 Å². The monoisotopic (exact) mass is 187 g/mol. The molecule has 1 aliphatic rings. The second-order valence-corrected chi connectivity index (χ2v) is 3.30. The maximum atomic E-state index is 2.45. The van der Waals surface area contributed by atoms with Crippen LogP contribution in [0.3, 0.4) is 0 Å². The largest absolute Gasteiger partial charge is 0.303 e. The van der Waals surface area contributed by atoms with Gasteiger partial charge in [-0.15, -0.1) is 0 Å². The second-order valence-electron chi connectivity index (χ2n) is 3.30. The first-order valence-electron chi connectivity index (χ1n) is 5.94. The average Bonchev–Trinajstić information content (AvgIpc) is 2.53. The van der Waals surface area contributed by atoms with E-state index >= 15 is 0 Å². The van der Waals surface area contributed by atoms with Crippen molar-refractivity contribution in [1.29, 1.82) is 0 Å². The van der Waals surface area contributed by atoms with Crippen molar-refractivity contribution >= 4 is 0 Å². The van der Waals surface area contributed by atoms with Gasteiger partial charge in [-0.25, -0.2) is 0 Å². The number of rotatable bonds is 1. The Balaban J connectivity index is 0. The van der Waals surface area contributed by atoms with Gasteiger partial charge in [0.05, 0.1) is 0 Å². The first-order valence-corrected chi connectivity index (χ1v) is 5.94. The van der Waals surface area contributed by atoms with E-state index in [1.54, 1.807) is 0 Å². The molecular formula is C12H29N. The highest BCUT2D eigenvalue weighted by atomic mass is 15.1. The Morgan fingerprint density at radius 1 is 1.15 bits per heavy atom. The van der Waals surface area contributed by atoms with E-state index in [-0.39, 0.29) is 0 Å². The number of hydrogen-bond donors (Lipinski definition) is 0. The van der Waals surface area contributed by atoms with Crippen molar-refractivity contribution in [3.8, 4) is 0 Å². The van der Waals surface area contributed by atoms with Crippen LogP contribution < -0.4 is 0 Å². The molecule has 1 nitrogen and oxygen atoms in total. The van der Waals surface area contributed by atoms with Gasteiger partial charge in [0.2, 0.25) is 0 Å². The molecule has 0 bridgehead atoms. The van der Waals surface area contributed by atoms with Gasteiger partial charge in [-0.05, 0) is 26.3 Å². The Kier molecular flexibility index (Phi) is 11.9. The van der Waals surface area contributed by atoms with Crippen LogP contribution in [0, 0.1) is 5.92 Å². The molecule has 0 aromatic rings. The molecular weight excluding hydrogens is 158 g/mol. The van der Waals surface area contributed by atoms with Crippen molar-refractivity contribution in [1.82, 2.24) is 4.90 Å². The summed E-state index contributed by atoms with van der Waals surface area (Å²) in [4.78, 5) is 2.45. The minimum atomic E-state index is 0.829. The van der Waals surface area contributed by atoms with Crippen LogP contribution in [0.1, 0.15) is 54.4 Å². The molecule has 0 spiro atoms. The number of likely N-dealkylation sites (tertiary alicyclic amines) is 1. The van der Waals surface area contributed by atoms with Crippen molar-refractivity contribution in [2.45, 2.75) is 60.4 Å². The fraction of sp³-hybridized carbons (Fsp3) is 1.00. The van der Waals surface area contributed by atoms with Gasteiger partial charge in [-0.1, -0.05) is 41.0 Å². The summed E-state index contributed by atoms with van der Waals surface area (Å²) in [6.07, 6.45) is 2.77. The quantitative estimate of drug-likeness (QED) is 0.604.